The Morgan fingerprint density at radius 1 is 1.19 bits per heavy atom. The van der Waals surface area contributed by atoms with E-state index in [1.54, 1.807) is 18.2 Å². The van der Waals surface area contributed by atoms with Gasteiger partial charge in [-0.15, -0.1) is 0 Å². The van der Waals surface area contributed by atoms with E-state index in [2.05, 4.69) is 0 Å². The summed E-state index contributed by atoms with van der Waals surface area (Å²) in [5.41, 5.74) is 7.80. The average Bonchev–Trinajstić information content (AvgIpc) is 3.13. The third kappa shape index (κ3) is 5.62. The highest BCUT2D eigenvalue weighted by molar-refractivity contribution is 5.77. The first-order chi connectivity index (χ1) is 13.1. The number of likely N-dealkylation sites (tertiary alicyclic amines) is 1. The van der Waals surface area contributed by atoms with Crippen LogP contribution in [-0.2, 0) is 22.6 Å². The molecule has 1 saturated heterocycles. The van der Waals surface area contributed by atoms with E-state index in [4.69, 9.17) is 10.5 Å². The zero-order chi connectivity index (χ0) is 19.1. The largest absolute Gasteiger partial charge is 0.375 e. The van der Waals surface area contributed by atoms with Crippen LogP contribution in [0.3, 0.4) is 0 Å². The van der Waals surface area contributed by atoms with Crippen LogP contribution in [0.15, 0.2) is 54.6 Å². The summed E-state index contributed by atoms with van der Waals surface area (Å²) in [5, 5.41) is 0. The highest BCUT2D eigenvalue weighted by Crippen LogP contribution is 2.20. The zero-order valence-electron chi connectivity index (χ0n) is 15.5. The summed E-state index contributed by atoms with van der Waals surface area (Å²) in [6, 6.07) is 16.3. The van der Waals surface area contributed by atoms with Gasteiger partial charge in [-0.1, -0.05) is 48.5 Å². The van der Waals surface area contributed by atoms with E-state index < -0.39 is 0 Å². The average molecular weight is 370 g/mol. The molecule has 2 aromatic carbocycles. The maximum atomic E-state index is 13.8. The van der Waals surface area contributed by atoms with Crippen molar-refractivity contribution in [3.63, 3.8) is 0 Å². The molecule has 144 valence electrons. The molecule has 0 radical (unpaired) electrons. The maximum absolute atomic E-state index is 13.8. The van der Waals surface area contributed by atoms with Gasteiger partial charge in [0, 0.05) is 19.0 Å². The van der Waals surface area contributed by atoms with E-state index in [9.17, 15) is 9.18 Å². The summed E-state index contributed by atoms with van der Waals surface area (Å²) >= 11 is 0. The topological polar surface area (TPSA) is 55.6 Å². The molecule has 1 aliphatic rings. The molecular weight excluding hydrogens is 343 g/mol. The van der Waals surface area contributed by atoms with Crippen LogP contribution >= 0.6 is 0 Å². The molecule has 5 heteroatoms. The van der Waals surface area contributed by atoms with Crippen molar-refractivity contribution in [1.29, 1.82) is 0 Å². The fourth-order valence-electron chi connectivity index (χ4n) is 3.58. The Hall–Kier alpha value is -2.24. The molecule has 4 nitrogen and oxygen atoms in total. The Morgan fingerprint density at radius 3 is 2.70 bits per heavy atom. The first-order valence-electron chi connectivity index (χ1n) is 9.53. The summed E-state index contributed by atoms with van der Waals surface area (Å²) in [7, 11) is 0. The van der Waals surface area contributed by atoms with Crippen molar-refractivity contribution in [2.24, 2.45) is 5.73 Å². The predicted molar refractivity (Wildman–Crippen MR) is 104 cm³/mol. The number of rotatable bonds is 8. The van der Waals surface area contributed by atoms with Crippen LogP contribution < -0.4 is 5.73 Å². The molecule has 3 rings (SSSR count). The number of hydrogen-bond donors (Lipinski definition) is 1. The third-order valence-corrected chi connectivity index (χ3v) is 5.00. The number of halogens is 1. The van der Waals surface area contributed by atoms with E-state index in [1.807, 2.05) is 35.2 Å². The second-order valence-corrected chi connectivity index (χ2v) is 7.14. The van der Waals surface area contributed by atoms with Gasteiger partial charge in [0.05, 0.1) is 19.3 Å². The van der Waals surface area contributed by atoms with Gasteiger partial charge in [0.1, 0.15) is 5.82 Å². The lowest BCUT2D eigenvalue weighted by Crippen LogP contribution is -2.41. The van der Waals surface area contributed by atoms with Crippen molar-refractivity contribution in [1.82, 2.24) is 4.90 Å². The van der Waals surface area contributed by atoms with Crippen molar-refractivity contribution in [3.05, 3.63) is 71.5 Å². The number of amides is 1. The van der Waals surface area contributed by atoms with Crippen molar-refractivity contribution >= 4 is 5.91 Å². The minimum atomic E-state index is -0.388. The number of carbonyl (C=O) groups excluding carboxylic acids is 1. The molecule has 2 aromatic rings. The molecule has 1 heterocycles. The van der Waals surface area contributed by atoms with Gasteiger partial charge < -0.3 is 15.4 Å². The van der Waals surface area contributed by atoms with E-state index in [0.717, 1.165) is 24.9 Å². The molecule has 0 spiro atoms. The van der Waals surface area contributed by atoms with Crippen molar-refractivity contribution < 1.29 is 13.9 Å². The SMILES string of the molecule is N[C@@H](CC(=O)N1CCC[C@H]1COCc1ccccc1)Cc1ccccc1F. The van der Waals surface area contributed by atoms with Gasteiger partial charge >= 0.3 is 0 Å². The van der Waals surface area contributed by atoms with Gasteiger partial charge in [0.15, 0.2) is 0 Å². The highest BCUT2D eigenvalue weighted by Gasteiger charge is 2.29. The number of nitrogens with two attached hydrogens (primary N) is 1. The van der Waals surface area contributed by atoms with Crippen molar-refractivity contribution in [3.8, 4) is 0 Å². The standard InChI is InChI=1S/C22H27FN2O2/c23-21-11-5-4-9-18(21)13-19(24)14-22(26)25-12-6-10-20(25)16-27-15-17-7-2-1-3-8-17/h1-5,7-9,11,19-20H,6,10,12-16,24H2/t19-,20+/m1/s1. The number of ether oxygens (including phenoxy) is 1. The van der Waals surface area contributed by atoms with Crippen molar-refractivity contribution in [2.45, 2.75) is 44.4 Å². The molecule has 1 fully saturated rings. The zero-order valence-corrected chi connectivity index (χ0v) is 15.5. The Kier molecular flexibility index (Phi) is 6.96. The lowest BCUT2D eigenvalue weighted by atomic mass is 10.0. The van der Waals surface area contributed by atoms with Crippen LogP contribution in [-0.4, -0.2) is 36.0 Å². The van der Waals surface area contributed by atoms with Gasteiger partial charge in [-0.2, -0.15) is 0 Å². The highest BCUT2D eigenvalue weighted by atomic mass is 19.1. The molecule has 0 unspecified atom stereocenters. The Balaban J connectivity index is 1.47. The van der Waals surface area contributed by atoms with Crippen LogP contribution in [0.25, 0.3) is 0 Å². The maximum Gasteiger partial charge on any atom is 0.224 e. The van der Waals surface area contributed by atoms with Gasteiger partial charge in [-0.3, -0.25) is 4.79 Å². The summed E-state index contributed by atoms with van der Waals surface area (Å²) in [6.45, 7) is 1.82. The molecule has 2 atom stereocenters. The van der Waals surface area contributed by atoms with E-state index in [-0.39, 0.29) is 30.2 Å². The van der Waals surface area contributed by atoms with Gasteiger partial charge in [0.25, 0.3) is 0 Å². The third-order valence-electron chi connectivity index (χ3n) is 5.00. The predicted octanol–water partition coefficient (Wildman–Crippen LogP) is 3.29. The van der Waals surface area contributed by atoms with Gasteiger partial charge in [0.2, 0.25) is 5.91 Å². The Bertz CT molecular complexity index is 738. The molecule has 1 amide bonds. The first-order valence-corrected chi connectivity index (χ1v) is 9.53. The molecule has 27 heavy (non-hydrogen) atoms. The lowest BCUT2D eigenvalue weighted by Gasteiger charge is -2.26. The number of carbonyl (C=O) groups is 1. The normalized spacial score (nSPS) is 17.9. The lowest BCUT2D eigenvalue weighted by molar-refractivity contribution is -0.133. The molecule has 2 N–H and O–H groups in total. The quantitative estimate of drug-likeness (QED) is 0.776. The molecule has 1 aliphatic heterocycles. The summed E-state index contributed by atoms with van der Waals surface area (Å²) in [5.74, 6) is -0.238. The van der Waals surface area contributed by atoms with Crippen LogP contribution in [0, 0.1) is 5.82 Å². The Morgan fingerprint density at radius 2 is 1.93 bits per heavy atom. The van der Waals surface area contributed by atoms with Crippen LogP contribution in [0.1, 0.15) is 30.4 Å². The first kappa shape index (κ1) is 19.5. The van der Waals surface area contributed by atoms with Crippen LogP contribution in [0.2, 0.25) is 0 Å². The van der Waals surface area contributed by atoms with Crippen LogP contribution in [0.5, 0.6) is 0 Å². The summed E-state index contributed by atoms with van der Waals surface area (Å²) < 4.78 is 19.6. The molecule has 0 aromatic heterocycles. The minimum absolute atomic E-state index is 0.0321. The van der Waals surface area contributed by atoms with Gasteiger partial charge in [-0.05, 0) is 36.5 Å². The molecule has 0 aliphatic carbocycles. The summed E-state index contributed by atoms with van der Waals surface area (Å²) in [6.07, 6.45) is 2.52. The molecular formula is C22H27FN2O2. The smallest absolute Gasteiger partial charge is 0.224 e. The summed E-state index contributed by atoms with van der Waals surface area (Å²) in [4.78, 5) is 14.6. The van der Waals surface area contributed by atoms with E-state index in [1.165, 1.54) is 6.07 Å². The van der Waals surface area contributed by atoms with E-state index >= 15 is 0 Å². The van der Waals surface area contributed by atoms with Gasteiger partial charge in [-0.25, -0.2) is 4.39 Å². The minimum Gasteiger partial charge on any atom is -0.375 e. The monoisotopic (exact) mass is 370 g/mol. The molecule has 0 bridgehead atoms. The Labute approximate surface area is 160 Å². The molecule has 0 saturated carbocycles. The number of nitrogens with zero attached hydrogens (tertiary/aromatic N) is 1. The fourth-order valence-corrected chi connectivity index (χ4v) is 3.58. The fraction of sp³-hybridized carbons (Fsp3) is 0.409. The second-order valence-electron chi connectivity index (χ2n) is 7.14. The number of benzene rings is 2. The van der Waals surface area contributed by atoms with Crippen LogP contribution in [0.4, 0.5) is 4.39 Å². The number of hydrogen-bond acceptors (Lipinski definition) is 3. The second kappa shape index (κ2) is 9.62. The van der Waals surface area contributed by atoms with E-state index in [0.29, 0.717) is 25.2 Å². The van der Waals surface area contributed by atoms with Crippen molar-refractivity contribution in [2.75, 3.05) is 13.2 Å².